The van der Waals surface area contributed by atoms with Gasteiger partial charge in [0, 0.05) is 6.42 Å². The van der Waals surface area contributed by atoms with E-state index < -0.39 is 28.0 Å². The number of nitrogens with one attached hydrogen (secondary N) is 2. The highest BCUT2D eigenvalue weighted by Gasteiger charge is 2.49. The summed E-state index contributed by atoms with van der Waals surface area (Å²) in [6.45, 7) is 1.66. The molecular weight excluding hydrogens is 234 g/mol. The third-order valence-corrected chi connectivity index (χ3v) is 4.46. The lowest BCUT2D eigenvalue weighted by molar-refractivity contribution is -0.124. The van der Waals surface area contributed by atoms with E-state index in [0.29, 0.717) is 0 Å². The fourth-order valence-electron chi connectivity index (χ4n) is 1.95. The summed E-state index contributed by atoms with van der Waals surface area (Å²) in [6, 6.07) is -1.32. The van der Waals surface area contributed by atoms with Gasteiger partial charge in [-0.3, -0.25) is 10.2 Å². The quantitative estimate of drug-likeness (QED) is 0.588. The van der Waals surface area contributed by atoms with Crippen molar-refractivity contribution in [1.82, 2.24) is 15.8 Å². The summed E-state index contributed by atoms with van der Waals surface area (Å²) < 4.78 is 22.7. The van der Waals surface area contributed by atoms with E-state index in [9.17, 15) is 18.0 Å². The van der Waals surface area contributed by atoms with Crippen LogP contribution in [0.15, 0.2) is 0 Å². The van der Waals surface area contributed by atoms with Gasteiger partial charge in [0.15, 0.2) is 9.84 Å². The van der Waals surface area contributed by atoms with Crippen molar-refractivity contribution in [3.8, 4) is 0 Å². The van der Waals surface area contributed by atoms with Gasteiger partial charge in [-0.05, 0) is 0 Å². The molecule has 16 heavy (non-hydrogen) atoms. The zero-order chi connectivity index (χ0) is 11.9. The van der Waals surface area contributed by atoms with E-state index in [1.54, 1.807) is 6.92 Å². The van der Waals surface area contributed by atoms with Crippen LogP contribution in [0.3, 0.4) is 0 Å². The van der Waals surface area contributed by atoms with Gasteiger partial charge in [-0.15, -0.1) is 0 Å². The number of urea groups is 1. The van der Waals surface area contributed by atoms with Gasteiger partial charge in [0.25, 0.3) is 0 Å². The monoisotopic (exact) mass is 247 g/mol. The third kappa shape index (κ3) is 1.84. The number of hydrogen-bond acceptors (Lipinski definition) is 4. The molecule has 2 atom stereocenters. The van der Waals surface area contributed by atoms with Gasteiger partial charge in [-0.1, -0.05) is 6.92 Å². The van der Waals surface area contributed by atoms with Gasteiger partial charge in [0.2, 0.25) is 5.91 Å². The Labute approximate surface area is 93.1 Å². The summed E-state index contributed by atoms with van der Waals surface area (Å²) in [4.78, 5) is 22.6. The average Bonchev–Trinajstić information content (AvgIpc) is 2.60. The molecule has 2 heterocycles. The van der Waals surface area contributed by atoms with Crippen LogP contribution in [-0.4, -0.2) is 49.0 Å². The van der Waals surface area contributed by atoms with E-state index in [4.69, 9.17) is 0 Å². The molecule has 0 unspecified atom stereocenters. The molecule has 2 aliphatic heterocycles. The van der Waals surface area contributed by atoms with E-state index in [1.165, 1.54) is 0 Å². The number of hydrogen-bond donors (Lipinski definition) is 2. The van der Waals surface area contributed by atoms with Crippen molar-refractivity contribution in [1.29, 1.82) is 0 Å². The highest BCUT2D eigenvalue weighted by molar-refractivity contribution is 7.91. The summed E-state index contributed by atoms with van der Waals surface area (Å²) in [5.74, 6) is -0.456. The van der Waals surface area contributed by atoms with Crippen molar-refractivity contribution in [2.24, 2.45) is 0 Å². The molecule has 2 saturated heterocycles. The van der Waals surface area contributed by atoms with Crippen molar-refractivity contribution in [3.63, 3.8) is 0 Å². The number of rotatable bonds is 2. The molecule has 2 rings (SSSR count). The molecule has 2 fully saturated rings. The molecule has 0 aromatic carbocycles. The lowest BCUT2D eigenvalue weighted by atomic mass is 10.2. The predicted octanol–water partition coefficient (Wildman–Crippen LogP) is -1.38. The largest absolute Gasteiger partial charge is 0.336 e. The first-order chi connectivity index (χ1) is 7.43. The molecule has 0 saturated carbocycles. The number of nitrogens with zero attached hydrogens (tertiary/aromatic N) is 1. The molecule has 0 aromatic rings. The van der Waals surface area contributed by atoms with Crippen molar-refractivity contribution < 1.29 is 18.0 Å². The van der Waals surface area contributed by atoms with Crippen LogP contribution >= 0.6 is 0 Å². The summed E-state index contributed by atoms with van der Waals surface area (Å²) in [5.41, 5.74) is 2.41. The van der Waals surface area contributed by atoms with Crippen LogP contribution < -0.4 is 10.7 Å². The number of hydrazine groups is 1. The van der Waals surface area contributed by atoms with Crippen LogP contribution in [0.4, 0.5) is 4.79 Å². The Kier molecular flexibility index (Phi) is 2.53. The molecular formula is C8H13N3O4S. The minimum Gasteiger partial charge on any atom is -0.331 e. The highest BCUT2D eigenvalue weighted by atomic mass is 32.2. The predicted molar refractivity (Wildman–Crippen MR) is 55.0 cm³/mol. The van der Waals surface area contributed by atoms with Gasteiger partial charge in [-0.25, -0.2) is 18.2 Å². The minimum absolute atomic E-state index is 0.0537. The molecule has 0 bridgehead atoms. The molecule has 90 valence electrons. The Morgan fingerprint density at radius 2 is 2.25 bits per heavy atom. The van der Waals surface area contributed by atoms with Crippen LogP contribution in [0.25, 0.3) is 0 Å². The second-order valence-corrected chi connectivity index (χ2v) is 6.11. The maximum atomic E-state index is 11.5. The smallest absolute Gasteiger partial charge is 0.331 e. The number of sulfone groups is 1. The van der Waals surface area contributed by atoms with Crippen LogP contribution in [0, 0.1) is 0 Å². The number of amides is 3. The van der Waals surface area contributed by atoms with E-state index in [0.717, 1.165) is 5.01 Å². The van der Waals surface area contributed by atoms with Gasteiger partial charge < -0.3 is 5.32 Å². The van der Waals surface area contributed by atoms with Gasteiger partial charge in [0.1, 0.15) is 0 Å². The summed E-state index contributed by atoms with van der Waals surface area (Å²) in [7, 11) is -3.11. The molecule has 2 aliphatic rings. The van der Waals surface area contributed by atoms with Gasteiger partial charge >= 0.3 is 6.03 Å². The van der Waals surface area contributed by atoms with Crippen LogP contribution in [0.5, 0.6) is 0 Å². The molecule has 8 heteroatoms. The average molecular weight is 247 g/mol. The van der Waals surface area contributed by atoms with Gasteiger partial charge in [-0.2, -0.15) is 0 Å². The molecule has 0 spiro atoms. The zero-order valence-corrected chi connectivity index (χ0v) is 9.58. The van der Waals surface area contributed by atoms with E-state index >= 15 is 0 Å². The summed E-state index contributed by atoms with van der Waals surface area (Å²) >= 11 is 0. The Morgan fingerprint density at radius 3 is 2.88 bits per heavy atom. The lowest BCUT2D eigenvalue weighted by Crippen LogP contribution is -2.49. The first-order valence-electron chi connectivity index (χ1n) is 5.02. The Morgan fingerprint density at radius 1 is 1.56 bits per heavy atom. The molecule has 0 radical (unpaired) electrons. The van der Waals surface area contributed by atoms with Crippen molar-refractivity contribution in [2.45, 2.75) is 25.4 Å². The lowest BCUT2D eigenvalue weighted by Gasteiger charge is -2.21. The maximum absolute atomic E-state index is 11.5. The topological polar surface area (TPSA) is 95.6 Å². The van der Waals surface area contributed by atoms with Crippen LogP contribution in [-0.2, 0) is 14.6 Å². The minimum atomic E-state index is -3.11. The Balaban J connectivity index is 2.14. The van der Waals surface area contributed by atoms with Crippen molar-refractivity contribution >= 4 is 21.8 Å². The van der Waals surface area contributed by atoms with E-state index in [2.05, 4.69) is 10.7 Å². The second-order valence-electron chi connectivity index (χ2n) is 3.96. The summed E-state index contributed by atoms with van der Waals surface area (Å²) in [6.07, 6.45) is 0.244. The normalized spacial score (nSPS) is 31.1. The molecule has 3 amide bonds. The second kappa shape index (κ2) is 3.62. The Bertz CT molecular complexity index is 433. The van der Waals surface area contributed by atoms with E-state index in [1.807, 2.05) is 0 Å². The van der Waals surface area contributed by atoms with E-state index in [-0.39, 0.29) is 23.8 Å². The molecule has 7 nitrogen and oxygen atoms in total. The molecule has 2 N–H and O–H groups in total. The number of carbonyl (C=O) groups excluding carboxylic acids is 2. The summed E-state index contributed by atoms with van der Waals surface area (Å²) in [5, 5.41) is 3.64. The van der Waals surface area contributed by atoms with Crippen molar-refractivity contribution in [3.05, 3.63) is 0 Å². The van der Waals surface area contributed by atoms with Crippen LogP contribution in [0.1, 0.15) is 13.3 Å². The number of carbonyl (C=O) groups is 2. The standard InChI is InChI=1S/C8H13N3O4S/c1-2-7(12)10-11-6-4-16(14,15)3-5(6)9-8(11)13/h5-6H,2-4H2,1H3,(H,9,13)(H,10,12)/t5-,6+/m1/s1. The fourth-order valence-corrected chi connectivity index (χ4v) is 3.84. The highest BCUT2D eigenvalue weighted by Crippen LogP contribution is 2.22. The first kappa shape index (κ1) is 11.2. The molecule has 0 aliphatic carbocycles. The van der Waals surface area contributed by atoms with Gasteiger partial charge in [0.05, 0.1) is 23.6 Å². The maximum Gasteiger partial charge on any atom is 0.336 e. The third-order valence-electron chi connectivity index (χ3n) is 2.75. The molecule has 0 aromatic heterocycles. The Hall–Kier alpha value is -1.31. The SMILES string of the molecule is CCC(=O)NN1C(=O)N[C@@H]2CS(=O)(=O)C[C@@H]21. The first-order valence-corrected chi connectivity index (χ1v) is 6.84. The van der Waals surface area contributed by atoms with Crippen molar-refractivity contribution in [2.75, 3.05) is 11.5 Å². The number of fused-ring (bicyclic) bond motifs is 1. The fraction of sp³-hybridized carbons (Fsp3) is 0.750. The zero-order valence-electron chi connectivity index (χ0n) is 8.76. The van der Waals surface area contributed by atoms with Crippen LogP contribution in [0.2, 0.25) is 0 Å².